The van der Waals surface area contributed by atoms with Crippen molar-refractivity contribution in [2.24, 2.45) is 5.92 Å². The highest BCUT2D eigenvalue weighted by Crippen LogP contribution is 2.32. The number of hydrogen-bond donors (Lipinski definition) is 1. The lowest BCUT2D eigenvalue weighted by Crippen LogP contribution is -2.41. The van der Waals surface area contributed by atoms with Gasteiger partial charge >= 0.3 is 0 Å². The van der Waals surface area contributed by atoms with Gasteiger partial charge in [-0.05, 0) is 68.1 Å². The van der Waals surface area contributed by atoms with Crippen molar-refractivity contribution < 1.29 is 17.9 Å². The Hall–Kier alpha value is -2.09. The van der Waals surface area contributed by atoms with Crippen LogP contribution < -0.4 is 10.1 Å². The van der Waals surface area contributed by atoms with Crippen molar-refractivity contribution in [2.75, 3.05) is 25.5 Å². The fraction of sp³-hybridized carbons (Fsp3) is 0.381. The van der Waals surface area contributed by atoms with Gasteiger partial charge in [-0.25, -0.2) is 8.42 Å². The van der Waals surface area contributed by atoms with E-state index in [0.717, 1.165) is 16.8 Å². The van der Waals surface area contributed by atoms with Gasteiger partial charge < -0.3 is 10.1 Å². The highest BCUT2D eigenvalue weighted by atomic mass is 35.5. The molecule has 0 aromatic heterocycles. The third-order valence-electron chi connectivity index (χ3n) is 5.34. The summed E-state index contributed by atoms with van der Waals surface area (Å²) >= 11 is 5.99. The molecule has 2 aromatic rings. The second-order valence-electron chi connectivity index (χ2n) is 7.26. The summed E-state index contributed by atoms with van der Waals surface area (Å²) in [4.78, 5) is 12.7. The summed E-state index contributed by atoms with van der Waals surface area (Å²) in [6, 6.07) is 10.3. The van der Waals surface area contributed by atoms with Gasteiger partial charge in [0.05, 0.1) is 7.11 Å². The van der Waals surface area contributed by atoms with Gasteiger partial charge in [0.1, 0.15) is 10.6 Å². The Morgan fingerprint density at radius 2 is 1.79 bits per heavy atom. The van der Waals surface area contributed by atoms with Crippen molar-refractivity contribution in [2.45, 2.75) is 31.6 Å². The molecule has 1 heterocycles. The van der Waals surface area contributed by atoms with Crippen molar-refractivity contribution in [1.82, 2.24) is 4.31 Å². The van der Waals surface area contributed by atoms with Crippen molar-refractivity contribution in [1.29, 1.82) is 0 Å². The Morgan fingerprint density at radius 1 is 1.10 bits per heavy atom. The molecule has 29 heavy (non-hydrogen) atoms. The summed E-state index contributed by atoms with van der Waals surface area (Å²) in [5.41, 5.74) is 3.04. The number of sulfonamides is 1. The van der Waals surface area contributed by atoms with Crippen LogP contribution in [0.2, 0.25) is 5.02 Å². The molecule has 8 heteroatoms. The molecule has 1 saturated heterocycles. The van der Waals surface area contributed by atoms with Crippen LogP contribution in [0.3, 0.4) is 0 Å². The maximum atomic E-state index is 13.0. The fourth-order valence-electron chi connectivity index (χ4n) is 3.41. The third kappa shape index (κ3) is 4.74. The monoisotopic (exact) mass is 436 g/mol. The van der Waals surface area contributed by atoms with Gasteiger partial charge in [-0.15, -0.1) is 0 Å². The van der Waals surface area contributed by atoms with Gasteiger partial charge in [0.2, 0.25) is 15.9 Å². The molecule has 3 rings (SSSR count). The number of anilines is 1. The lowest BCUT2D eigenvalue weighted by atomic mass is 9.97. The number of carbonyl (C=O) groups excluding carboxylic acids is 1. The topological polar surface area (TPSA) is 75.7 Å². The van der Waals surface area contributed by atoms with E-state index < -0.39 is 10.0 Å². The van der Waals surface area contributed by atoms with E-state index in [-0.39, 0.29) is 35.6 Å². The van der Waals surface area contributed by atoms with E-state index >= 15 is 0 Å². The minimum absolute atomic E-state index is 0.0468. The molecule has 0 atom stereocenters. The van der Waals surface area contributed by atoms with Gasteiger partial charge in [-0.1, -0.05) is 17.7 Å². The molecule has 6 nitrogen and oxygen atoms in total. The molecular weight excluding hydrogens is 412 g/mol. The second kappa shape index (κ2) is 8.73. The SMILES string of the molecule is COc1ccc(Cl)cc1S(=O)(=O)N1CCC(C(=O)Nc2ccc(C)c(C)c2)CC1. The van der Waals surface area contributed by atoms with Crippen molar-refractivity contribution in [3.05, 3.63) is 52.5 Å². The second-order valence-corrected chi connectivity index (χ2v) is 9.60. The van der Waals surface area contributed by atoms with Gasteiger partial charge in [0.15, 0.2) is 0 Å². The molecule has 156 valence electrons. The number of amides is 1. The Labute approximate surface area is 176 Å². The summed E-state index contributed by atoms with van der Waals surface area (Å²) in [5.74, 6) is -0.0565. The van der Waals surface area contributed by atoms with Gasteiger partial charge in [0.25, 0.3) is 0 Å². The van der Waals surface area contributed by atoms with E-state index in [2.05, 4.69) is 5.32 Å². The predicted octanol–water partition coefficient (Wildman–Crippen LogP) is 4.00. The maximum absolute atomic E-state index is 13.0. The largest absolute Gasteiger partial charge is 0.495 e. The van der Waals surface area contributed by atoms with Crippen LogP contribution in [0.4, 0.5) is 5.69 Å². The number of methoxy groups -OCH3 is 1. The van der Waals surface area contributed by atoms with Crippen LogP contribution >= 0.6 is 11.6 Å². The first kappa shape index (κ1) is 21.6. The highest BCUT2D eigenvalue weighted by Gasteiger charge is 2.33. The number of nitrogens with zero attached hydrogens (tertiary/aromatic N) is 1. The van der Waals surface area contributed by atoms with Crippen molar-refractivity contribution in [3.8, 4) is 5.75 Å². The van der Waals surface area contributed by atoms with Crippen LogP contribution in [0.25, 0.3) is 0 Å². The first-order valence-corrected chi connectivity index (χ1v) is 11.3. The minimum Gasteiger partial charge on any atom is -0.495 e. The Bertz CT molecular complexity index is 1020. The van der Waals surface area contributed by atoms with Crippen LogP contribution in [0.1, 0.15) is 24.0 Å². The molecule has 1 N–H and O–H groups in total. The van der Waals surface area contributed by atoms with E-state index in [9.17, 15) is 13.2 Å². The van der Waals surface area contributed by atoms with Crippen LogP contribution in [-0.2, 0) is 14.8 Å². The molecule has 0 radical (unpaired) electrons. The van der Waals surface area contributed by atoms with E-state index in [1.54, 1.807) is 12.1 Å². The van der Waals surface area contributed by atoms with Gasteiger partial charge in [-0.2, -0.15) is 4.31 Å². The zero-order valence-electron chi connectivity index (χ0n) is 16.7. The molecule has 1 amide bonds. The molecule has 0 aliphatic carbocycles. The number of rotatable bonds is 5. The summed E-state index contributed by atoms with van der Waals surface area (Å²) in [7, 11) is -2.33. The highest BCUT2D eigenvalue weighted by molar-refractivity contribution is 7.89. The molecule has 0 bridgehead atoms. The number of benzene rings is 2. The van der Waals surface area contributed by atoms with Crippen LogP contribution in [0.15, 0.2) is 41.3 Å². The van der Waals surface area contributed by atoms with Gasteiger partial charge in [0, 0.05) is 29.7 Å². The van der Waals surface area contributed by atoms with Crippen LogP contribution in [0, 0.1) is 19.8 Å². The summed E-state index contributed by atoms with van der Waals surface area (Å²) in [6.45, 7) is 4.55. The third-order valence-corrected chi connectivity index (χ3v) is 7.50. The Kier molecular flexibility index (Phi) is 6.51. The zero-order chi connectivity index (χ0) is 21.2. The van der Waals surface area contributed by atoms with E-state index in [1.807, 2.05) is 32.0 Å². The molecule has 1 aliphatic heterocycles. The van der Waals surface area contributed by atoms with E-state index in [0.29, 0.717) is 17.9 Å². The lowest BCUT2D eigenvalue weighted by Gasteiger charge is -2.31. The number of aryl methyl sites for hydroxylation is 2. The molecule has 0 spiro atoms. The van der Waals surface area contributed by atoms with E-state index in [4.69, 9.17) is 16.3 Å². The molecular formula is C21H25ClN2O4S. The fourth-order valence-corrected chi connectivity index (χ4v) is 5.30. The average molecular weight is 437 g/mol. The first-order chi connectivity index (χ1) is 13.7. The Morgan fingerprint density at radius 3 is 2.41 bits per heavy atom. The standard InChI is InChI=1S/C21H25ClN2O4S/c1-14-4-6-18(12-15(14)2)23-21(25)16-8-10-24(11-9-16)29(26,27)20-13-17(22)5-7-19(20)28-3/h4-7,12-13,16H,8-11H2,1-3H3,(H,23,25). The van der Waals surface area contributed by atoms with Gasteiger partial charge in [-0.3, -0.25) is 4.79 Å². The molecule has 2 aromatic carbocycles. The van der Waals surface area contributed by atoms with Crippen molar-refractivity contribution in [3.63, 3.8) is 0 Å². The smallest absolute Gasteiger partial charge is 0.246 e. The number of piperidine rings is 1. The molecule has 0 saturated carbocycles. The molecule has 0 unspecified atom stereocenters. The quantitative estimate of drug-likeness (QED) is 0.768. The number of halogens is 1. The first-order valence-electron chi connectivity index (χ1n) is 9.44. The molecule has 1 aliphatic rings. The summed E-state index contributed by atoms with van der Waals surface area (Å²) in [5, 5.41) is 3.27. The van der Waals surface area contributed by atoms with E-state index in [1.165, 1.54) is 17.5 Å². The normalized spacial score (nSPS) is 15.9. The number of carbonyl (C=O) groups is 1. The van der Waals surface area contributed by atoms with Crippen LogP contribution in [-0.4, -0.2) is 38.8 Å². The maximum Gasteiger partial charge on any atom is 0.246 e. The summed E-state index contributed by atoms with van der Waals surface area (Å²) in [6.07, 6.45) is 0.914. The zero-order valence-corrected chi connectivity index (χ0v) is 18.3. The average Bonchev–Trinajstić information content (AvgIpc) is 2.70. The Balaban J connectivity index is 1.67. The van der Waals surface area contributed by atoms with Crippen LogP contribution in [0.5, 0.6) is 5.75 Å². The van der Waals surface area contributed by atoms with Crippen molar-refractivity contribution >= 4 is 33.2 Å². The number of hydrogen-bond acceptors (Lipinski definition) is 4. The summed E-state index contributed by atoms with van der Waals surface area (Å²) < 4.78 is 32.7. The minimum atomic E-state index is -3.75. The lowest BCUT2D eigenvalue weighted by molar-refractivity contribution is -0.120. The number of ether oxygens (including phenoxy) is 1. The molecule has 1 fully saturated rings. The number of nitrogens with one attached hydrogen (secondary N) is 1. The predicted molar refractivity (Wildman–Crippen MR) is 114 cm³/mol.